The van der Waals surface area contributed by atoms with Gasteiger partial charge in [-0.2, -0.15) is 0 Å². The third kappa shape index (κ3) is 3.12. The van der Waals surface area contributed by atoms with E-state index in [0.29, 0.717) is 13.4 Å². The van der Waals surface area contributed by atoms with Gasteiger partial charge in [-0.15, -0.1) is 11.3 Å². The van der Waals surface area contributed by atoms with Gasteiger partial charge < -0.3 is 19.5 Å². The first-order valence-electron chi connectivity index (χ1n) is 6.51. The quantitative estimate of drug-likeness (QED) is 0.888. The van der Waals surface area contributed by atoms with Gasteiger partial charge in [-0.05, 0) is 29.8 Å². The Kier molecular flexibility index (Phi) is 4.20. The molecule has 0 radical (unpaired) electrons. The van der Waals surface area contributed by atoms with Crippen LogP contribution in [0.25, 0.3) is 0 Å². The van der Waals surface area contributed by atoms with Crippen molar-refractivity contribution < 1.29 is 14.2 Å². The van der Waals surface area contributed by atoms with Gasteiger partial charge in [0.1, 0.15) is 0 Å². The summed E-state index contributed by atoms with van der Waals surface area (Å²) in [6.45, 7) is 2.69. The van der Waals surface area contributed by atoms with Crippen LogP contribution < -0.4 is 14.8 Å². The number of fused-ring (bicyclic) bond motifs is 1. The smallest absolute Gasteiger partial charge is 0.231 e. The van der Waals surface area contributed by atoms with E-state index in [2.05, 4.69) is 23.5 Å². The first-order chi connectivity index (χ1) is 9.85. The average molecular weight is 291 g/mol. The monoisotopic (exact) mass is 291 g/mol. The van der Waals surface area contributed by atoms with Crippen LogP contribution in [-0.4, -0.2) is 13.9 Å². The summed E-state index contributed by atoms with van der Waals surface area (Å²) in [4.78, 5) is 2.57. The Balaban J connectivity index is 1.51. The van der Waals surface area contributed by atoms with Gasteiger partial charge >= 0.3 is 0 Å². The zero-order chi connectivity index (χ0) is 13.8. The summed E-state index contributed by atoms with van der Waals surface area (Å²) in [6, 6.07) is 10.3. The molecule has 0 amide bonds. The molecular weight excluding hydrogens is 274 g/mol. The summed E-state index contributed by atoms with van der Waals surface area (Å²) in [5, 5.41) is 3.44. The molecule has 0 aliphatic carbocycles. The Morgan fingerprint density at radius 3 is 2.85 bits per heavy atom. The lowest BCUT2D eigenvalue weighted by Gasteiger charge is -2.04. The SMILES string of the molecule is COCc1ccc(CNCc2ccc3c(c2)OCO3)s1. The van der Waals surface area contributed by atoms with Crippen LogP contribution in [0, 0.1) is 0 Å². The Morgan fingerprint density at radius 2 is 1.95 bits per heavy atom. The van der Waals surface area contributed by atoms with Crippen molar-refractivity contribution in [3.8, 4) is 11.5 Å². The fourth-order valence-corrected chi connectivity index (χ4v) is 3.08. The molecule has 1 N–H and O–H groups in total. The van der Waals surface area contributed by atoms with E-state index in [4.69, 9.17) is 14.2 Å². The molecule has 0 atom stereocenters. The summed E-state index contributed by atoms with van der Waals surface area (Å²) in [5.74, 6) is 1.67. The normalized spacial score (nSPS) is 12.8. The highest BCUT2D eigenvalue weighted by molar-refractivity contribution is 7.11. The van der Waals surface area contributed by atoms with Crippen LogP contribution in [0.5, 0.6) is 11.5 Å². The zero-order valence-electron chi connectivity index (χ0n) is 11.3. The van der Waals surface area contributed by atoms with Crippen LogP contribution >= 0.6 is 11.3 Å². The molecule has 1 aromatic heterocycles. The molecular formula is C15H17NO3S. The molecule has 1 aliphatic rings. The van der Waals surface area contributed by atoms with Crippen molar-refractivity contribution in [2.24, 2.45) is 0 Å². The van der Waals surface area contributed by atoms with Crippen LogP contribution in [0.1, 0.15) is 15.3 Å². The van der Waals surface area contributed by atoms with Crippen molar-refractivity contribution in [1.82, 2.24) is 5.32 Å². The van der Waals surface area contributed by atoms with Gasteiger partial charge in [0.2, 0.25) is 6.79 Å². The molecule has 1 aromatic carbocycles. The highest BCUT2D eigenvalue weighted by Gasteiger charge is 2.12. The number of hydrogen-bond acceptors (Lipinski definition) is 5. The third-order valence-electron chi connectivity index (χ3n) is 3.07. The number of ether oxygens (including phenoxy) is 3. The molecule has 2 aromatic rings. The van der Waals surface area contributed by atoms with E-state index in [1.807, 2.05) is 12.1 Å². The summed E-state index contributed by atoms with van der Waals surface area (Å²) < 4.78 is 15.8. The Bertz CT molecular complexity index is 582. The molecule has 3 rings (SSSR count). The molecule has 0 unspecified atom stereocenters. The standard InChI is InChI=1S/C15H17NO3S/c1-17-9-13-4-3-12(20-13)8-16-7-11-2-5-14-15(6-11)19-10-18-14/h2-6,16H,7-10H2,1H3. The van der Waals surface area contributed by atoms with Crippen molar-refractivity contribution in [3.63, 3.8) is 0 Å². The van der Waals surface area contributed by atoms with Crippen molar-refractivity contribution >= 4 is 11.3 Å². The molecule has 0 bridgehead atoms. The second-order valence-corrected chi connectivity index (χ2v) is 5.85. The van der Waals surface area contributed by atoms with Gasteiger partial charge in [-0.25, -0.2) is 0 Å². The number of benzene rings is 1. The largest absolute Gasteiger partial charge is 0.454 e. The second kappa shape index (κ2) is 6.26. The van der Waals surface area contributed by atoms with Crippen LogP contribution in [0.2, 0.25) is 0 Å². The highest BCUT2D eigenvalue weighted by Crippen LogP contribution is 2.32. The summed E-state index contributed by atoms with van der Waals surface area (Å²) >= 11 is 1.78. The molecule has 20 heavy (non-hydrogen) atoms. The third-order valence-corrected chi connectivity index (χ3v) is 4.13. The van der Waals surface area contributed by atoms with Gasteiger partial charge in [0.05, 0.1) is 6.61 Å². The molecule has 0 saturated heterocycles. The van der Waals surface area contributed by atoms with E-state index in [-0.39, 0.29) is 0 Å². The van der Waals surface area contributed by atoms with Crippen molar-refractivity contribution in [3.05, 3.63) is 45.6 Å². The summed E-state index contributed by atoms with van der Waals surface area (Å²) in [6.07, 6.45) is 0. The minimum Gasteiger partial charge on any atom is -0.454 e. The summed E-state index contributed by atoms with van der Waals surface area (Å²) in [7, 11) is 1.72. The number of rotatable bonds is 6. The lowest BCUT2D eigenvalue weighted by atomic mass is 10.2. The van der Waals surface area contributed by atoms with E-state index in [1.165, 1.54) is 15.3 Å². The Labute approximate surface area is 122 Å². The topological polar surface area (TPSA) is 39.7 Å². The molecule has 0 spiro atoms. The highest BCUT2D eigenvalue weighted by atomic mass is 32.1. The Hall–Kier alpha value is -1.56. The van der Waals surface area contributed by atoms with E-state index in [0.717, 1.165) is 24.6 Å². The van der Waals surface area contributed by atoms with Gasteiger partial charge in [0.15, 0.2) is 11.5 Å². The molecule has 1 aliphatic heterocycles. The van der Waals surface area contributed by atoms with Crippen LogP contribution in [0.4, 0.5) is 0 Å². The van der Waals surface area contributed by atoms with E-state index >= 15 is 0 Å². The number of methoxy groups -OCH3 is 1. The Morgan fingerprint density at radius 1 is 1.10 bits per heavy atom. The van der Waals surface area contributed by atoms with Crippen molar-refractivity contribution in [1.29, 1.82) is 0 Å². The predicted molar refractivity (Wildman–Crippen MR) is 78.1 cm³/mol. The molecule has 0 saturated carbocycles. The van der Waals surface area contributed by atoms with Crippen molar-refractivity contribution in [2.45, 2.75) is 19.7 Å². The predicted octanol–water partition coefficient (Wildman–Crippen LogP) is 2.91. The second-order valence-electron chi connectivity index (χ2n) is 4.59. The fraction of sp³-hybridized carbons (Fsp3) is 0.333. The maximum absolute atomic E-state index is 5.37. The van der Waals surface area contributed by atoms with Crippen LogP contribution in [0.3, 0.4) is 0 Å². The number of thiophene rings is 1. The lowest BCUT2D eigenvalue weighted by molar-refractivity contribution is 0.174. The molecule has 0 fully saturated rings. The maximum atomic E-state index is 5.37. The van der Waals surface area contributed by atoms with Gasteiger partial charge in [0, 0.05) is 30.0 Å². The van der Waals surface area contributed by atoms with E-state index in [1.54, 1.807) is 18.4 Å². The minimum atomic E-state index is 0.323. The van der Waals surface area contributed by atoms with E-state index in [9.17, 15) is 0 Å². The van der Waals surface area contributed by atoms with Crippen LogP contribution in [-0.2, 0) is 24.4 Å². The van der Waals surface area contributed by atoms with Crippen LogP contribution in [0.15, 0.2) is 30.3 Å². The first-order valence-corrected chi connectivity index (χ1v) is 7.32. The maximum Gasteiger partial charge on any atom is 0.231 e. The lowest BCUT2D eigenvalue weighted by Crippen LogP contribution is -2.11. The van der Waals surface area contributed by atoms with Gasteiger partial charge in [-0.3, -0.25) is 0 Å². The number of nitrogens with one attached hydrogen (secondary N) is 1. The van der Waals surface area contributed by atoms with E-state index < -0.39 is 0 Å². The first kappa shape index (κ1) is 13.4. The zero-order valence-corrected chi connectivity index (χ0v) is 12.2. The molecule has 4 nitrogen and oxygen atoms in total. The molecule has 106 valence electrons. The fourth-order valence-electron chi connectivity index (χ4n) is 2.12. The number of hydrogen-bond donors (Lipinski definition) is 1. The van der Waals surface area contributed by atoms with Gasteiger partial charge in [-0.1, -0.05) is 6.07 Å². The average Bonchev–Trinajstić information content (AvgIpc) is 3.08. The van der Waals surface area contributed by atoms with Gasteiger partial charge in [0.25, 0.3) is 0 Å². The molecule has 5 heteroatoms. The van der Waals surface area contributed by atoms with Crippen molar-refractivity contribution in [2.75, 3.05) is 13.9 Å². The summed E-state index contributed by atoms with van der Waals surface area (Å²) in [5.41, 5.74) is 1.20. The minimum absolute atomic E-state index is 0.323. The molecule has 2 heterocycles.